The topological polar surface area (TPSA) is 37.8 Å². The third kappa shape index (κ3) is 3.38. The summed E-state index contributed by atoms with van der Waals surface area (Å²) in [5, 5.41) is 3.50. The van der Waals surface area contributed by atoms with E-state index in [0.717, 1.165) is 36.9 Å². The summed E-state index contributed by atoms with van der Waals surface area (Å²) in [6.07, 6.45) is 11.4. The monoisotopic (exact) mass is 287 g/mol. The molecule has 1 aromatic rings. The van der Waals surface area contributed by atoms with E-state index in [0.29, 0.717) is 5.92 Å². The highest BCUT2D eigenvalue weighted by Gasteiger charge is 2.24. The minimum absolute atomic E-state index is 0.590. The smallest absolute Gasteiger partial charge is 0.134 e. The van der Waals surface area contributed by atoms with E-state index in [-0.39, 0.29) is 0 Å². The molecule has 1 fully saturated rings. The van der Waals surface area contributed by atoms with Crippen LogP contribution >= 0.6 is 0 Å². The Morgan fingerprint density at radius 3 is 2.52 bits per heavy atom. The van der Waals surface area contributed by atoms with E-state index < -0.39 is 0 Å². The Labute approximate surface area is 129 Å². The van der Waals surface area contributed by atoms with Crippen molar-refractivity contribution in [2.24, 2.45) is 5.92 Å². The molecule has 1 N–H and O–H groups in total. The van der Waals surface area contributed by atoms with Gasteiger partial charge in [-0.25, -0.2) is 9.97 Å². The summed E-state index contributed by atoms with van der Waals surface area (Å²) >= 11 is 0. The Morgan fingerprint density at radius 1 is 1.00 bits per heavy atom. The van der Waals surface area contributed by atoms with Gasteiger partial charge in [0.15, 0.2) is 0 Å². The molecule has 0 bridgehead atoms. The van der Waals surface area contributed by atoms with Gasteiger partial charge in [-0.2, -0.15) is 0 Å². The van der Waals surface area contributed by atoms with Crippen molar-refractivity contribution in [2.75, 3.05) is 11.9 Å². The van der Waals surface area contributed by atoms with Crippen LogP contribution in [-0.2, 0) is 12.8 Å². The minimum Gasteiger partial charge on any atom is -0.370 e. The Bertz CT molecular complexity index is 476. The summed E-state index contributed by atoms with van der Waals surface area (Å²) in [7, 11) is 0. The molecule has 1 heterocycles. The van der Waals surface area contributed by atoms with Crippen LogP contribution in [0.25, 0.3) is 0 Å². The van der Waals surface area contributed by atoms with Gasteiger partial charge in [0.25, 0.3) is 0 Å². The fourth-order valence-corrected chi connectivity index (χ4v) is 3.80. The lowest BCUT2D eigenvalue weighted by Gasteiger charge is -2.26. The van der Waals surface area contributed by atoms with Gasteiger partial charge in [-0.1, -0.05) is 26.2 Å². The predicted molar refractivity (Wildman–Crippen MR) is 87.8 cm³/mol. The van der Waals surface area contributed by atoms with Crippen LogP contribution in [0.2, 0.25) is 0 Å². The lowest BCUT2D eigenvalue weighted by molar-refractivity contribution is 0.339. The SMILES string of the molecule is CCNc1nc(C2CCC(C)CC2)nc2c1CCCCC2. The quantitative estimate of drug-likeness (QED) is 0.833. The van der Waals surface area contributed by atoms with Gasteiger partial charge in [0.1, 0.15) is 11.6 Å². The first-order chi connectivity index (χ1) is 10.3. The van der Waals surface area contributed by atoms with Crippen molar-refractivity contribution in [1.29, 1.82) is 0 Å². The third-order valence-corrected chi connectivity index (χ3v) is 5.18. The molecule has 2 aliphatic rings. The zero-order valence-electron chi connectivity index (χ0n) is 13.6. The number of rotatable bonds is 3. The molecule has 3 rings (SSSR count). The van der Waals surface area contributed by atoms with Crippen LogP contribution in [0.4, 0.5) is 5.82 Å². The van der Waals surface area contributed by atoms with E-state index in [1.807, 2.05) is 0 Å². The lowest BCUT2D eigenvalue weighted by atomic mass is 9.82. The second kappa shape index (κ2) is 6.76. The van der Waals surface area contributed by atoms with E-state index in [1.54, 1.807) is 0 Å². The van der Waals surface area contributed by atoms with Crippen LogP contribution < -0.4 is 5.32 Å². The maximum absolute atomic E-state index is 5.01. The fraction of sp³-hybridized carbons (Fsp3) is 0.778. The van der Waals surface area contributed by atoms with Gasteiger partial charge in [-0.05, 0) is 51.4 Å². The van der Waals surface area contributed by atoms with Gasteiger partial charge in [0, 0.05) is 23.7 Å². The molecular formula is C18H29N3. The molecule has 0 saturated heterocycles. The van der Waals surface area contributed by atoms with E-state index in [9.17, 15) is 0 Å². The summed E-state index contributed by atoms with van der Waals surface area (Å²) in [4.78, 5) is 9.96. The van der Waals surface area contributed by atoms with Gasteiger partial charge < -0.3 is 5.32 Å². The Kier molecular flexibility index (Phi) is 4.77. The normalized spacial score (nSPS) is 26.0. The molecule has 2 aliphatic carbocycles. The van der Waals surface area contributed by atoms with Crippen molar-refractivity contribution in [3.05, 3.63) is 17.1 Å². The van der Waals surface area contributed by atoms with Crippen LogP contribution in [0, 0.1) is 5.92 Å². The molecule has 0 radical (unpaired) electrons. The van der Waals surface area contributed by atoms with Crippen molar-refractivity contribution in [1.82, 2.24) is 9.97 Å². The third-order valence-electron chi connectivity index (χ3n) is 5.18. The van der Waals surface area contributed by atoms with Crippen LogP contribution in [0.3, 0.4) is 0 Å². The number of nitrogens with zero attached hydrogens (tertiary/aromatic N) is 2. The molecule has 0 aromatic carbocycles. The van der Waals surface area contributed by atoms with E-state index in [1.165, 1.54) is 56.2 Å². The molecule has 21 heavy (non-hydrogen) atoms. The highest BCUT2D eigenvalue weighted by atomic mass is 15.0. The zero-order valence-corrected chi connectivity index (χ0v) is 13.6. The first-order valence-electron chi connectivity index (χ1n) is 8.91. The van der Waals surface area contributed by atoms with Crippen LogP contribution in [-0.4, -0.2) is 16.5 Å². The summed E-state index contributed by atoms with van der Waals surface area (Å²) in [5.74, 6) is 3.74. The Balaban J connectivity index is 1.90. The fourth-order valence-electron chi connectivity index (χ4n) is 3.80. The van der Waals surface area contributed by atoms with Gasteiger partial charge in [-0.15, -0.1) is 0 Å². The zero-order chi connectivity index (χ0) is 14.7. The number of fused-ring (bicyclic) bond motifs is 1. The molecule has 3 nitrogen and oxygen atoms in total. The average molecular weight is 287 g/mol. The van der Waals surface area contributed by atoms with E-state index >= 15 is 0 Å². The molecule has 116 valence electrons. The lowest BCUT2D eigenvalue weighted by Crippen LogP contribution is -2.17. The Morgan fingerprint density at radius 2 is 1.76 bits per heavy atom. The number of aromatic nitrogens is 2. The Hall–Kier alpha value is -1.12. The maximum Gasteiger partial charge on any atom is 0.134 e. The first-order valence-corrected chi connectivity index (χ1v) is 8.91. The maximum atomic E-state index is 5.01. The molecule has 0 amide bonds. The summed E-state index contributed by atoms with van der Waals surface area (Å²) in [5.41, 5.74) is 2.74. The highest BCUT2D eigenvalue weighted by Crippen LogP contribution is 2.35. The van der Waals surface area contributed by atoms with Crippen molar-refractivity contribution in [2.45, 2.75) is 77.6 Å². The van der Waals surface area contributed by atoms with Crippen LogP contribution in [0.5, 0.6) is 0 Å². The van der Waals surface area contributed by atoms with Gasteiger partial charge in [0.05, 0.1) is 0 Å². The van der Waals surface area contributed by atoms with E-state index in [2.05, 4.69) is 19.2 Å². The first kappa shape index (κ1) is 14.8. The number of hydrogen-bond donors (Lipinski definition) is 1. The molecule has 0 aliphatic heterocycles. The molecule has 0 unspecified atom stereocenters. The van der Waals surface area contributed by atoms with Crippen molar-refractivity contribution >= 4 is 5.82 Å². The number of nitrogens with one attached hydrogen (secondary N) is 1. The predicted octanol–water partition coefficient (Wildman–Crippen LogP) is 4.47. The van der Waals surface area contributed by atoms with Crippen molar-refractivity contribution in [3.8, 4) is 0 Å². The largest absolute Gasteiger partial charge is 0.370 e. The van der Waals surface area contributed by atoms with Gasteiger partial charge >= 0.3 is 0 Å². The van der Waals surface area contributed by atoms with Crippen molar-refractivity contribution < 1.29 is 0 Å². The van der Waals surface area contributed by atoms with Gasteiger partial charge in [-0.3, -0.25) is 0 Å². The number of aryl methyl sites for hydroxylation is 1. The van der Waals surface area contributed by atoms with Crippen LogP contribution in [0.15, 0.2) is 0 Å². The second-order valence-corrected chi connectivity index (χ2v) is 6.90. The van der Waals surface area contributed by atoms with Crippen molar-refractivity contribution in [3.63, 3.8) is 0 Å². The molecule has 0 spiro atoms. The standard InChI is InChI=1S/C18H29N3/c1-3-19-18-15-7-5-4-6-8-16(15)20-17(21-18)14-11-9-13(2)10-12-14/h13-14H,3-12H2,1-2H3,(H,19,20,21). The minimum atomic E-state index is 0.590. The summed E-state index contributed by atoms with van der Waals surface area (Å²) in [6.45, 7) is 5.48. The molecular weight excluding hydrogens is 258 g/mol. The average Bonchev–Trinajstić information content (AvgIpc) is 2.73. The molecule has 1 aromatic heterocycles. The highest BCUT2D eigenvalue weighted by molar-refractivity contribution is 5.47. The summed E-state index contributed by atoms with van der Waals surface area (Å²) in [6, 6.07) is 0. The van der Waals surface area contributed by atoms with E-state index in [4.69, 9.17) is 9.97 Å². The molecule has 3 heteroatoms. The number of hydrogen-bond acceptors (Lipinski definition) is 3. The molecule has 1 saturated carbocycles. The second-order valence-electron chi connectivity index (χ2n) is 6.90. The van der Waals surface area contributed by atoms with Gasteiger partial charge in [0.2, 0.25) is 0 Å². The number of anilines is 1. The summed E-state index contributed by atoms with van der Waals surface area (Å²) < 4.78 is 0. The van der Waals surface area contributed by atoms with Crippen LogP contribution in [0.1, 0.15) is 81.8 Å². The molecule has 0 atom stereocenters.